The fraction of sp³-hybridized carbons (Fsp3) is 0.188. The van der Waals surface area contributed by atoms with Crippen molar-refractivity contribution in [1.82, 2.24) is 0 Å². The lowest BCUT2D eigenvalue weighted by Gasteiger charge is -2.23. The summed E-state index contributed by atoms with van der Waals surface area (Å²) in [4.78, 5) is 14.1. The summed E-state index contributed by atoms with van der Waals surface area (Å²) in [6, 6.07) is 9.21. The minimum absolute atomic E-state index is 0.0854. The van der Waals surface area contributed by atoms with Gasteiger partial charge >= 0.3 is 0 Å². The van der Waals surface area contributed by atoms with Crippen molar-refractivity contribution in [2.75, 3.05) is 11.4 Å². The number of benzene rings is 2. The van der Waals surface area contributed by atoms with Crippen molar-refractivity contribution >= 4 is 23.2 Å². The molecule has 0 atom stereocenters. The summed E-state index contributed by atoms with van der Waals surface area (Å²) < 4.78 is 0. The lowest BCUT2D eigenvalue weighted by molar-refractivity contribution is 0.0985. The first-order chi connectivity index (χ1) is 9.93. The van der Waals surface area contributed by atoms with Gasteiger partial charge in [-0.3, -0.25) is 4.79 Å². The van der Waals surface area contributed by atoms with E-state index >= 15 is 0 Å². The number of nitrogens with zero attached hydrogens (tertiary/aromatic N) is 1. The Morgan fingerprint density at radius 3 is 2.52 bits per heavy atom. The number of halogens is 1. The molecular formula is C16H16ClNO3. The second-order valence-corrected chi connectivity index (χ2v) is 5.12. The van der Waals surface area contributed by atoms with E-state index in [-0.39, 0.29) is 23.0 Å². The third kappa shape index (κ3) is 3.11. The topological polar surface area (TPSA) is 60.8 Å². The van der Waals surface area contributed by atoms with Gasteiger partial charge in [0.05, 0.1) is 11.3 Å². The van der Waals surface area contributed by atoms with E-state index in [0.29, 0.717) is 17.3 Å². The number of phenols is 2. The molecule has 0 heterocycles. The quantitative estimate of drug-likeness (QED) is 0.908. The summed E-state index contributed by atoms with van der Waals surface area (Å²) in [7, 11) is 0. The molecule has 0 saturated carbocycles. The van der Waals surface area contributed by atoms with E-state index in [9.17, 15) is 15.0 Å². The average molecular weight is 306 g/mol. The number of aromatic hydroxyl groups is 2. The number of amides is 1. The van der Waals surface area contributed by atoms with Crippen molar-refractivity contribution in [2.45, 2.75) is 13.8 Å². The maximum absolute atomic E-state index is 12.6. The molecule has 0 aromatic heterocycles. The molecule has 21 heavy (non-hydrogen) atoms. The van der Waals surface area contributed by atoms with Crippen LogP contribution in [0.4, 0.5) is 5.69 Å². The van der Waals surface area contributed by atoms with Gasteiger partial charge in [0.1, 0.15) is 11.5 Å². The predicted molar refractivity (Wildman–Crippen MR) is 83.3 cm³/mol. The van der Waals surface area contributed by atoms with E-state index in [2.05, 4.69) is 0 Å². The maximum Gasteiger partial charge on any atom is 0.262 e. The Morgan fingerprint density at radius 1 is 1.19 bits per heavy atom. The molecule has 0 bridgehead atoms. The van der Waals surface area contributed by atoms with E-state index in [4.69, 9.17) is 11.6 Å². The van der Waals surface area contributed by atoms with Crippen LogP contribution in [-0.2, 0) is 0 Å². The fourth-order valence-electron chi connectivity index (χ4n) is 2.14. The van der Waals surface area contributed by atoms with Crippen LogP contribution in [0.5, 0.6) is 11.5 Å². The summed E-state index contributed by atoms with van der Waals surface area (Å²) in [6.45, 7) is 4.09. The Kier molecular flexibility index (Phi) is 4.38. The lowest BCUT2D eigenvalue weighted by Crippen LogP contribution is -2.31. The van der Waals surface area contributed by atoms with E-state index in [1.54, 1.807) is 18.2 Å². The average Bonchev–Trinajstić information content (AvgIpc) is 2.43. The standard InChI is InChI=1S/C16H16ClNO3/c1-3-18(14-9-12(19)6-4-10(14)2)16(21)13-7-5-11(17)8-15(13)20/h4-9,19-20H,3H2,1-2H3. The molecular weight excluding hydrogens is 290 g/mol. The zero-order valence-corrected chi connectivity index (χ0v) is 12.6. The molecule has 2 aromatic carbocycles. The highest BCUT2D eigenvalue weighted by Crippen LogP contribution is 2.29. The molecule has 110 valence electrons. The maximum atomic E-state index is 12.6. The fourth-order valence-corrected chi connectivity index (χ4v) is 2.31. The Morgan fingerprint density at radius 2 is 1.90 bits per heavy atom. The van der Waals surface area contributed by atoms with Crippen LogP contribution >= 0.6 is 11.6 Å². The van der Waals surface area contributed by atoms with Gasteiger partial charge in [0, 0.05) is 17.6 Å². The number of hydrogen-bond acceptors (Lipinski definition) is 3. The first-order valence-electron chi connectivity index (χ1n) is 6.54. The molecule has 0 saturated heterocycles. The summed E-state index contributed by atoms with van der Waals surface area (Å²) in [5, 5.41) is 19.9. The summed E-state index contributed by atoms with van der Waals surface area (Å²) >= 11 is 5.78. The third-order valence-electron chi connectivity index (χ3n) is 3.24. The minimum atomic E-state index is -0.347. The van der Waals surface area contributed by atoms with Crippen LogP contribution in [-0.4, -0.2) is 22.7 Å². The van der Waals surface area contributed by atoms with Gasteiger partial charge in [0.25, 0.3) is 5.91 Å². The number of carbonyl (C=O) groups excluding carboxylic acids is 1. The highest BCUT2D eigenvalue weighted by atomic mass is 35.5. The first kappa shape index (κ1) is 15.2. The molecule has 2 rings (SSSR count). The van der Waals surface area contributed by atoms with Crippen molar-refractivity contribution in [3.05, 3.63) is 52.5 Å². The second-order valence-electron chi connectivity index (χ2n) is 4.68. The molecule has 0 spiro atoms. The Labute approximate surface area is 128 Å². The number of phenolic OH excluding ortho intramolecular Hbond substituents is 2. The van der Waals surface area contributed by atoms with E-state index in [1.165, 1.54) is 23.1 Å². The number of anilines is 1. The molecule has 0 aliphatic rings. The molecule has 1 amide bonds. The SMILES string of the molecule is CCN(C(=O)c1ccc(Cl)cc1O)c1cc(O)ccc1C. The predicted octanol–water partition coefficient (Wildman–Crippen LogP) is 3.73. The highest BCUT2D eigenvalue weighted by molar-refractivity contribution is 6.31. The van der Waals surface area contributed by atoms with Crippen molar-refractivity contribution in [2.24, 2.45) is 0 Å². The molecule has 0 fully saturated rings. The Balaban J connectivity index is 2.45. The summed E-state index contributed by atoms with van der Waals surface area (Å²) in [5.41, 5.74) is 1.64. The van der Waals surface area contributed by atoms with Crippen LogP contribution < -0.4 is 4.90 Å². The Hall–Kier alpha value is -2.20. The molecule has 0 unspecified atom stereocenters. The van der Waals surface area contributed by atoms with Gasteiger partial charge < -0.3 is 15.1 Å². The highest BCUT2D eigenvalue weighted by Gasteiger charge is 2.21. The minimum Gasteiger partial charge on any atom is -0.508 e. The summed E-state index contributed by atoms with van der Waals surface area (Å²) in [5.74, 6) is -0.425. The van der Waals surface area contributed by atoms with Crippen LogP contribution in [0.3, 0.4) is 0 Å². The van der Waals surface area contributed by atoms with Crippen molar-refractivity contribution < 1.29 is 15.0 Å². The van der Waals surface area contributed by atoms with Crippen LogP contribution in [0, 0.1) is 6.92 Å². The van der Waals surface area contributed by atoms with Crippen LogP contribution in [0.2, 0.25) is 5.02 Å². The third-order valence-corrected chi connectivity index (χ3v) is 3.47. The van der Waals surface area contributed by atoms with Gasteiger partial charge in [-0.1, -0.05) is 17.7 Å². The van der Waals surface area contributed by atoms with Gasteiger partial charge in [0.15, 0.2) is 0 Å². The summed E-state index contributed by atoms with van der Waals surface area (Å²) in [6.07, 6.45) is 0. The van der Waals surface area contributed by atoms with Crippen LogP contribution in [0.25, 0.3) is 0 Å². The first-order valence-corrected chi connectivity index (χ1v) is 6.91. The zero-order valence-electron chi connectivity index (χ0n) is 11.8. The van der Waals surface area contributed by atoms with Gasteiger partial charge in [-0.15, -0.1) is 0 Å². The van der Waals surface area contributed by atoms with Crippen molar-refractivity contribution in [1.29, 1.82) is 0 Å². The number of aryl methyl sites for hydroxylation is 1. The monoisotopic (exact) mass is 305 g/mol. The lowest BCUT2D eigenvalue weighted by atomic mass is 10.1. The molecule has 0 radical (unpaired) electrons. The van der Waals surface area contributed by atoms with Crippen LogP contribution in [0.1, 0.15) is 22.8 Å². The molecule has 0 aliphatic heterocycles. The van der Waals surface area contributed by atoms with Crippen molar-refractivity contribution in [3.63, 3.8) is 0 Å². The number of carbonyl (C=O) groups is 1. The molecule has 4 nitrogen and oxygen atoms in total. The van der Waals surface area contributed by atoms with Gasteiger partial charge in [-0.2, -0.15) is 0 Å². The van der Waals surface area contributed by atoms with E-state index < -0.39 is 0 Å². The van der Waals surface area contributed by atoms with Crippen LogP contribution in [0.15, 0.2) is 36.4 Å². The zero-order chi connectivity index (χ0) is 15.6. The molecule has 0 aliphatic carbocycles. The largest absolute Gasteiger partial charge is 0.508 e. The van der Waals surface area contributed by atoms with E-state index in [1.807, 2.05) is 13.8 Å². The Bertz CT molecular complexity index is 685. The normalized spacial score (nSPS) is 10.4. The number of hydrogen-bond donors (Lipinski definition) is 2. The second kappa shape index (κ2) is 6.06. The van der Waals surface area contributed by atoms with Crippen molar-refractivity contribution in [3.8, 4) is 11.5 Å². The van der Waals surface area contributed by atoms with Gasteiger partial charge in [-0.25, -0.2) is 0 Å². The molecule has 2 aromatic rings. The number of rotatable bonds is 3. The molecule has 5 heteroatoms. The smallest absolute Gasteiger partial charge is 0.262 e. The van der Waals surface area contributed by atoms with Gasteiger partial charge in [-0.05, 0) is 43.7 Å². The van der Waals surface area contributed by atoms with E-state index in [0.717, 1.165) is 5.56 Å². The molecule has 2 N–H and O–H groups in total. The van der Waals surface area contributed by atoms with Gasteiger partial charge in [0.2, 0.25) is 0 Å².